The van der Waals surface area contributed by atoms with E-state index < -0.39 is 0 Å². The first-order valence-corrected chi connectivity index (χ1v) is 12.8. The number of rotatable bonds is 5. The van der Waals surface area contributed by atoms with Gasteiger partial charge in [-0.05, 0) is 84.7 Å². The molecule has 178 valence electrons. The average molecular weight is 475 g/mol. The van der Waals surface area contributed by atoms with Crippen molar-refractivity contribution in [3.8, 4) is 11.3 Å². The molecule has 0 aliphatic heterocycles. The molecule has 0 spiro atoms. The van der Waals surface area contributed by atoms with Crippen LogP contribution in [0.1, 0.15) is 67.1 Å². The number of hydrogen-bond donors (Lipinski definition) is 1. The van der Waals surface area contributed by atoms with E-state index in [2.05, 4.69) is 67.9 Å². The molecule has 3 aromatic rings. The molecule has 2 fully saturated rings. The number of benzene rings is 2. The Bertz CT molecular complexity index is 1230. The quantitative estimate of drug-likeness (QED) is 0.410. The van der Waals surface area contributed by atoms with E-state index in [0.717, 1.165) is 27.4 Å². The molecule has 1 N–H and O–H groups in total. The summed E-state index contributed by atoms with van der Waals surface area (Å²) in [7, 11) is 0. The number of aryl methyl sites for hydroxylation is 2. The van der Waals surface area contributed by atoms with Gasteiger partial charge in [-0.15, -0.1) is 0 Å². The van der Waals surface area contributed by atoms with Crippen LogP contribution >= 0.6 is 11.6 Å². The lowest BCUT2D eigenvalue weighted by atomic mass is 9.68. The van der Waals surface area contributed by atoms with E-state index in [0.29, 0.717) is 12.5 Å². The van der Waals surface area contributed by atoms with Crippen LogP contribution in [0.3, 0.4) is 0 Å². The lowest BCUT2D eigenvalue weighted by molar-refractivity contribution is 0.0737. The first-order chi connectivity index (χ1) is 16.1. The van der Waals surface area contributed by atoms with Gasteiger partial charge in [0, 0.05) is 29.5 Å². The van der Waals surface area contributed by atoms with Gasteiger partial charge in [-0.2, -0.15) is 0 Å². The number of hydrogen-bond acceptors (Lipinski definition) is 1. The zero-order valence-corrected chi connectivity index (χ0v) is 21.7. The Hall–Kier alpha value is -2.52. The third-order valence-corrected chi connectivity index (χ3v) is 9.06. The minimum atomic E-state index is 0.0291. The summed E-state index contributed by atoms with van der Waals surface area (Å²) < 4.78 is 2.19. The molecule has 0 saturated heterocycles. The topological polar surface area (TPSA) is 34.0 Å². The fraction of sp³-hybridized carbons (Fsp3) is 0.433. The first-order valence-electron chi connectivity index (χ1n) is 12.4. The molecule has 1 aromatic heterocycles. The van der Waals surface area contributed by atoms with E-state index >= 15 is 0 Å². The van der Waals surface area contributed by atoms with Gasteiger partial charge in [-0.1, -0.05) is 68.3 Å². The Labute approximate surface area is 208 Å². The predicted octanol–water partition coefficient (Wildman–Crippen LogP) is 7.42. The molecule has 34 heavy (non-hydrogen) atoms. The summed E-state index contributed by atoms with van der Waals surface area (Å²) >= 11 is 6.30. The summed E-state index contributed by atoms with van der Waals surface area (Å²) in [4.78, 5) is 13.6. The summed E-state index contributed by atoms with van der Waals surface area (Å²) in [6.45, 7) is 11.8. The summed E-state index contributed by atoms with van der Waals surface area (Å²) in [5, 5.41) is 4.22. The van der Waals surface area contributed by atoms with Crippen molar-refractivity contribution in [2.24, 2.45) is 16.7 Å². The molecule has 2 saturated carbocycles. The van der Waals surface area contributed by atoms with Crippen molar-refractivity contribution in [2.75, 3.05) is 0 Å². The van der Waals surface area contributed by atoms with Crippen LogP contribution in [0.15, 0.2) is 54.7 Å². The van der Waals surface area contributed by atoms with E-state index in [4.69, 9.17) is 11.6 Å². The molecule has 3 nitrogen and oxygen atoms in total. The average Bonchev–Trinajstić information content (AvgIpc) is 3.44. The van der Waals surface area contributed by atoms with Crippen LogP contribution < -0.4 is 5.32 Å². The molecular formula is C30H35ClN2O. The molecule has 0 radical (unpaired) electrons. The van der Waals surface area contributed by atoms with Crippen LogP contribution in [-0.2, 0) is 6.54 Å². The Morgan fingerprint density at radius 2 is 1.82 bits per heavy atom. The van der Waals surface area contributed by atoms with Crippen LogP contribution in [0.25, 0.3) is 11.3 Å². The fourth-order valence-electron chi connectivity index (χ4n) is 6.58. The van der Waals surface area contributed by atoms with Crippen LogP contribution in [0.5, 0.6) is 0 Å². The molecule has 5 rings (SSSR count). The highest BCUT2D eigenvalue weighted by Gasteiger charge is 2.59. The second-order valence-electron chi connectivity index (χ2n) is 11.5. The molecule has 3 atom stereocenters. The van der Waals surface area contributed by atoms with Crippen LogP contribution in [0.4, 0.5) is 0 Å². The predicted molar refractivity (Wildman–Crippen MR) is 140 cm³/mol. The molecule has 1 amide bonds. The minimum absolute atomic E-state index is 0.0291. The molecule has 1 heterocycles. The maximum atomic E-state index is 13.6. The van der Waals surface area contributed by atoms with E-state index in [1.807, 2.05) is 31.3 Å². The van der Waals surface area contributed by atoms with Crippen LogP contribution in [0, 0.1) is 30.6 Å². The van der Waals surface area contributed by atoms with Gasteiger partial charge in [0.1, 0.15) is 0 Å². The molecule has 2 bridgehead atoms. The van der Waals surface area contributed by atoms with Crippen molar-refractivity contribution in [3.63, 3.8) is 0 Å². The van der Waals surface area contributed by atoms with Gasteiger partial charge in [0.2, 0.25) is 0 Å². The number of aromatic nitrogens is 1. The number of halogens is 1. The molecule has 4 heteroatoms. The lowest BCUT2D eigenvalue weighted by Gasteiger charge is -2.43. The zero-order chi connectivity index (χ0) is 24.3. The molecule has 2 aliphatic carbocycles. The highest BCUT2D eigenvalue weighted by Crippen LogP contribution is 2.62. The number of amides is 1. The van der Waals surface area contributed by atoms with E-state index in [1.54, 1.807) is 0 Å². The van der Waals surface area contributed by atoms with Crippen LogP contribution in [-0.4, -0.2) is 16.5 Å². The SMILES string of the molecule is Cc1ccc(Cn2cc(C(=O)N[C@@H]3C(C)(C)[C@@H]4CC[C@@]3(C)C4)cc2-c2ccc(Cl)c(C)c2)cc1. The van der Waals surface area contributed by atoms with E-state index in [1.165, 1.54) is 30.4 Å². The van der Waals surface area contributed by atoms with Gasteiger partial charge in [0.25, 0.3) is 5.91 Å². The number of fused-ring (bicyclic) bond motifs is 2. The lowest BCUT2D eigenvalue weighted by Crippen LogP contribution is -2.52. The number of nitrogens with one attached hydrogen (secondary N) is 1. The van der Waals surface area contributed by atoms with Gasteiger partial charge < -0.3 is 9.88 Å². The van der Waals surface area contributed by atoms with Gasteiger partial charge >= 0.3 is 0 Å². The normalized spacial score (nSPS) is 25.0. The first kappa shape index (κ1) is 23.2. The summed E-state index contributed by atoms with van der Waals surface area (Å²) in [5.74, 6) is 0.725. The largest absolute Gasteiger partial charge is 0.348 e. The Morgan fingerprint density at radius 3 is 2.47 bits per heavy atom. The van der Waals surface area contributed by atoms with E-state index in [9.17, 15) is 4.79 Å². The number of carbonyl (C=O) groups is 1. The fourth-order valence-corrected chi connectivity index (χ4v) is 6.70. The van der Waals surface area contributed by atoms with Crippen molar-refractivity contribution < 1.29 is 4.79 Å². The summed E-state index contributed by atoms with van der Waals surface area (Å²) in [6, 6.07) is 16.9. The highest BCUT2D eigenvalue weighted by molar-refractivity contribution is 6.31. The van der Waals surface area contributed by atoms with Gasteiger partial charge in [0.15, 0.2) is 0 Å². The highest BCUT2D eigenvalue weighted by atomic mass is 35.5. The van der Waals surface area contributed by atoms with Gasteiger partial charge in [-0.25, -0.2) is 0 Å². The maximum Gasteiger partial charge on any atom is 0.253 e. The monoisotopic (exact) mass is 474 g/mol. The second-order valence-corrected chi connectivity index (χ2v) is 11.9. The Morgan fingerprint density at radius 1 is 1.09 bits per heavy atom. The molecule has 0 unspecified atom stereocenters. The third kappa shape index (κ3) is 3.98. The summed E-state index contributed by atoms with van der Waals surface area (Å²) in [5.41, 5.74) is 6.63. The summed E-state index contributed by atoms with van der Waals surface area (Å²) in [6.07, 6.45) is 5.71. The maximum absolute atomic E-state index is 13.6. The molecule has 2 aliphatic rings. The number of nitrogens with zero attached hydrogens (tertiary/aromatic N) is 1. The zero-order valence-electron chi connectivity index (χ0n) is 20.9. The minimum Gasteiger partial charge on any atom is -0.348 e. The van der Waals surface area contributed by atoms with Crippen LogP contribution in [0.2, 0.25) is 5.02 Å². The van der Waals surface area contributed by atoms with Gasteiger partial charge in [0.05, 0.1) is 5.56 Å². The molecular weight excluding hydrogens is 440 g/mol. The van der Waals surface area contributed by atoms with Crippen molar-refractivity contribution in [2.45, 2.75) is 66.5 Å². The van der Waals surface area contributed by atoms with Crippen molar-refractivity contribution in [1.29, 1.82) is 0 Å². The Balaban J connectivity index is 1.49. The standard InChI is InChI=1S/C30H35ClN2O/c1-19-6-8-21(9-7-19)17-33-18-23(15-26(33)22-10-11-25(31)20(2)14-22)27(34)32-28-29(3,4)24-12-13-30(28,5)16-24/h6-11,14-15,18,24,28H,12-13,16-17H2,1-5H3,(H,32,34)/t24-,28-,30+/m1/s1. The molecule has 2 aromatic carbocycles. The third-order valence-electron chi connectivity index (χ3n) is 8.63. The van der Waals surface area contributed by atoms with Gasteiger partial charge in [-0.3, -0.25) is 4.79 Å². The van der Waals surface area contributed by atoms with Crippen molar-refractivity contribution in [1.82, 2.24) is 9.88 Å². The van der Waals surface area contributed by atoms with Crippen molar-refractivity contribution >= 4 is 17.5 Å². The Kier molecular flexibility index (Phi) is 5.67. The number of carbonyl (C=O) groups excluding carboxylic acids is 1. The smallest absolute Gasteiger partial charge is 0.253 e. The van der Waals surface area contributed by atoms with Crippen molar-refractivity contribution in [3.05, 3.63) is 82.0 Å². The second kappa shape index (κ2) is 8.30. The van der Waals surface area contributed by atoms with E-state index in [-0.39, 0.29) is 22.8 Å².